The van der Waals surface area contributed by atoms with E-state index >= 15 is 0 Å². The van der Waals surface area contributed by atoms with Gasteiger partial charge in [0.15, 0.2) is 0 Å². The Kier molecular flexibility index (Phi) is 4.83. The molecule has 1 aliphatic carbocycles. The van der Waals surface area contributed by atoms with Crippen LogP contribution in [-0.4, -0.2) is 15.9 Å². The molecular formula is C20H23N3O2. The van der Waals surface area contributed by atoms with Gasteiger partial charge in [-0.3, -0.25) is 14.6 Å². The summed E-state index contributed by atoms with van der Waals surface area (Å²) in [5.74, 6) is 0.340. The summed E-state index contributed by atoms with van der Waals surface area (Å²) in [6.07, 6.45) is 7.77. The van der Waals surface area contributed by atoms with Crippen LogP contribution in [0.3, 0.4) is 0 Å². The number of aromatic nitrogens is 2. The zero-order valence-electron chi connectivity index (χ0n) is 14.7. The second kappa shape index (κ2) is 7.05. The number of nitrogens with one attached hydrogen (secondary N) is 2. The van der Waals surface area contributed by atoms with E-state index in [0.29, 0.717) is 5.69 Å². The SMILES string of the molecule is C/C=C\c1ccc(C2CC2C(=O)N[C@H](C)c2c[nH]c(=O)cn2)cc1C. The lowest BCUT2D eigenvalue weighted by atomic mass is 10.0. The third-order valence-electron chi connectivity index (χ3n) is 4.69. The Labute approximate surface area is 147 Å². The average molecular weight is 337 g/mol. The van der Waals surface area contributed by atoms with Crippen molar-refractivity contribution in [3.8, 4) is 0 Å². The van der Waals surface area contributed by atoms with E-state index in [1.807, 2.05) is 19.9 Å². The van der Waals surface area contributed by atoms with Crippen molar-refractivity contribution in [2.75, 3.05) is 0 Å². The fourth-order valence-corrected chi connectivity index (χ4v) is 3.13. The van der Waals surface area contributed by atoms with Gasteiger partial charge in [-0.25, -0.2) is 0 Å². The van der Waals surface area contributed by atoms with Crippen molar-refractivity contribution >= 4 is 12.0 Å². The largest absolute Gasteiger partial charge is 0.348 e. The molecule has 25 heavy (non-hydrogen) atoms. The first kappa shape index (κ1) is 17.1. The number of aryl methyl sites for hydroxylation is 1. The van der Waals surface area contributed by atoms with Gasteiger partial charge in [0.05, 0.1) is 17.9 Å². The van der Waals surface area contributed by atoms with Crippen LogP contribution in [0.2, 0.25) is 0 Å². The molecule has 130 valence electrons. The molecule has 3 atom stereocenters. The minimum absolute atomic E-state index is 0.0113. The Morgan fingerprint density at radius 2 is 2.24 bits per heavy atom. The third kappa shape index (κ3) is 3.87. The van der Waals surface area contributed by atoms with E-state index in [1.54, 1.807) is 6.20 Å². The summed E-state index contributed by atoms with van der Waals surface area (Å²) in [4.78, 5) is 30.2. The van der Waals surface area contributed by atoms with Crippen molar-refractivity contribution in [3.05, 3.63) is 69.4 Å². The van der Waals surface area contributed by atoms with E-state index in [0.717, 1.165) is 6.42 Å². The topological polar surface area (TPSA) is 74.8 Å². The molecule has 2 N–H and O–H groups in total. The molecule has 0 spiro atoms. The molecular weight excluding hydrogens is 314 g/mol. The van der Waals surface area contributed by atoms with Crippen LogP contribution in [0.15, 0.2) is 41.5 Å². The minimum Gasteiger partial charge on any atom is -0.348 e. The molecule has 5 heteroatoms. The average Bonchev–Trinajstić information content (AvgIpc) is 3.38. The predicted molar refractivity (Wildman–Crippen MR) is 98.2 cm³/mol. The normalized spacial score (nSPS) is 20.4. The van der Waals surface area contributed by atoms with Crippen LogP contribution >= 0.6 is 0 Å². The Balaban J connectivity index is 1.63. The summed E-state index contributed by atoms with van der Waals surface area (Å²) < 4.78 is 0. The zero-order chi connectivity index (χ0) is 18.0. The molecule has 5 nitrogen and oxygen atoms in total. The first-order valence-corrected chi connectivity index (χ1v) is 8.58. The number of amides is 1. The number of carbonyl (C=O) groups is 1. The van der Waals surface area contributed by atoms with Crippen molar-refractivity contribution < 1.29 is 4.79 Å². The summed E-state index contributed by atoms with van der Waals surface area (Å²) in [5.41, 5.74) is 4.07. The van der Waals surface area contributed by atoms with Gasteiger partial charge in [0.1, 0.15) is 0 Å². The van der Waals surface area contributed by atoms with Crippen LogP contribution in [0.4, 0.5) is 0 Å². The Morgan fingerprint density at radius 3 is 2.88 bits per heavy atom. The summed E-state index contributed by atoms with van der Waals surface area (Å²) >= 11 is 0. The number of nitrogens with zero attached hydrogens (tertiary/aromatic N) is 1. The maximum Gasteiger partial charge on any atom is 0.266 e. The number of H-pyrrole nitrogens is 1. The first-order chi connectivity index (χ1) is 12.0. The smallest absolute Gasteiger partial charge is 0.266 e. The summed E-state index contributed by atoms with van der Waals surface area (Å²) in [5, 5.41) is 2.99. The van der Waals surface area contributed by atoms with Gasteiger partial charge in [-0.2, -0.15) is 0 Å². The molecule has 0 radical (unpaired) electrons. The maximum atomic E-state index is 12.5. The number of carbonyl (C=O) groups excluding carboxylic acids is 1. The van der Waals surface area contributed by atoms with Crippen LogP contribution in [-0.2, 0) is 4.79 Å². The van der Waals surface area contributed by atoms with Gasteiger partial charge in [-0.05, 0) is 49.8 Å². The van der Waals surface area contributed by atoms with Gasteiger partial charge in [0.25, 0.3) is 5.56 Å². The van der Waals surface area contributed by atoms with Crippen LogP contribution in [0.5, 0.6) is 0 Å². The lowest BCUT2D eigenvalue weighted by Gasteiger charge is -2.13. The second-order valence-electron chi connectivity index (χ2n) is 6.63. The zero-order valence-corrected chi connectivity index (χ0v) is 14.7. The molecule has 1 amide bonds. The molecule has 1 aromatic carbocycles. The molecule has 0 aliphatic heterocycles. The van der Waals surface area contributed by atoms with Gasteiger partial charge in [-0.1, -0.05) is 30.4 Å². The van der Waals surface area contributed by atoms with Crippen molar-refractivity contribution in [2.24, 2.45) is 5.92 Å². The Morgan fingerprint density at radius 1 is 1.44 bits per heavy atom. The molecule has 1 saturated carbocycles. The van der Waals surface area contributed by atoms with Gasteiger partial charge in [0.2, 0.25) is 5.91 Å². The molecule has 1 aromatic heterocycles. The van der Waals surface area contributed by atoms with Crippen molar-refractivity contribution in [1.82, 2.24) is 15.3 Å². The van der Waals surface area contributed by atoms with Gasteiger partial charge in [-0.15, -0.1) is 0 Å². The highest BCUT2D eigenvalue weighted by atomic mass is 16.2. The molecule has 2 unspecified atom stereocenters. The number of benzene rings is 1. The van der Waals surface area contributed by atoms with Crippen LogP contribution in [0.25, 0.3) is 6.08 Å². The summed E-state index contributed by atoms with van der Waals surface area (Å²) in [6, 6.07) is 6.18. The fourth-order valence-electron chi connectivity index (χ4n) is 3.13. The highest BCUT2D eigenvalue weighted by molar-refractivity contribution is 5.83. The van der Waals surface area contributed by atoms with E-state index in [4.69, 9.17) is 0 Å². The van der Waals surface area contributed by atoms with E-state index in [1.165, 1.54) is 22.9 Å². The molecule has 3 rings (SSSR count). The number of aromatic amines is 1. The van der Waals surface area contributed by atoms with E-state index in [-0.39, 0.29) is 29.3 Å². The van der Waals surface area contributed by atoms with Gasteiger partial charge >= 0.3 is 0 Å². The van der Waals surface area contributed by atoms with Gasteiger partial charge in [0, 0.05) is 12.1 Å². The van der Waals surface area contributed by atoms with Crippen molar-refractivity contribution in [1.29, 1.82) is 0 Å². The Hall–Kier alpha value is -2.69. The molecule has 0 bridgehead atoms. The molecule has 1 aliphatic rings. The summed E-state index contributed by atoms with van der Waals surface area (Å²) in [6.45, 7) is 5.97. The van der Waals surface area contributed by atoms with Crippen LogP contribution in [0.1, 0.15) is 54.6 Å². The molecule has 1 fully saturated rings. The fraction of sp³-hybridized carbons (Fsp3) is 0.350. The highest BCUT2D eigenvalue weighted by Crippen LogP contribution is 2.48. The lowest BCUT2D eigenvalue weighted by Crippen LogP contribution is -2.29. The number of rotatable bonds is 5. The quantitative estimate of drug-likeness (QED) is 0.880. The van der Waals surface area contributed by atoms with E-state index < -0.39 is 0 Å². The van der Waals surface area contributed by atoms with Crippen LogP contribution in [0, 0.1) is 12.8 Å². The maximum absolute atomic E-state index is 12.5. The summed E-state index contributed by atoms with van der Waals surface area (Å²) in [7, 11) is 0. The van der Waals surface area contributed by atoms with Crippen molar-refractivity contribution in [2.45, 2.75) is 39.2 Å². The predicted octanol–water partition coefficient (Wildman–Crippen LogP) is 3.09. The minimum atomic E-state index is -0.249. The molecule has 2 aromatic rings. The third-order valence-corrected chi connectivity index (χ3v) is 4.69. The Bertz CT molecular complexity index is 849. The van der Waals surface area contributed by atoms with Crippen LogP contribution < -0.4 is 10.9 Å². The van der Waals surface area contributed by atoms with Gasteiger partial charge < -0.3 is 10.3 Å². The second-order valence-corrected chi connectivity index (χ2v) is 6.63. The number of hydrogen-bond acceptors (Lipinski definition) is 3. The van der Waals surface area contributed by atoms with E-state index in [9.17, 15) is 9.59 Å². The standard InChI is InChI=1S/C20H23N3O2/c1-4-5-14-6-7-15(8-12(14)2)16-9-17(16)20(25)23-13(3)18-10-22-19(24)11-21-18/h4-8,10-11,13,16-17H,9H2,1-3H3,(H,22,24)(H,23,25)/b5-4-/t13-,16?,17?/m1/s1. The highest BCUT2D eigenvalue weighted by Gasteiger charge is 2.44. The molecule has 0 saturated heterocycles. The van der Waals surface area contributed by atoms with Crippen molar-refractivity contribution in [3.63, 3.8) is 0 Å². The van der Waals surface area contributed by atoms with E-state index in [2.05, 4.69) is 46.5 Å². The number of allylic oxidation sites excluding steroid dienone is 1. The molecule has 1 heterocycles. The lowest BCUT2D eigenvalue weighted by molar-refractivity contribution is -0.123. The monoisotopic (exact) mass is 337 g/mol. The number of hydrogen-bond donors (Lipinski definition) is 2. The first-order valence-electron chi connectivity index (χ1n) is 8.58.